The molecule has 0 aliphatic carbocycles. The van der Waals surface area contributed by atoms with Gasteiger partial charge in [0.2, 0.25) is 0 Å². The molecular formula is C10H16N4O3. The van der Waals surface area contributed by atoms with E-state index in [-0.39, 0.29) is 11.7 Å². The second-order valence-corrected chi connectivity index (χ2v) is 3.93. The van der Waals surface area contributed by atoms with Crippen LogP contribution in [0.5, 0.6) is 0 Å². The number of ketones is 1. The predicted molar refractivity (Wildman–Crippen MR) is 59.3 cm³/mol. The van der Waals surface area contributed by atoms with E-state index in [2.05, 4.69) is 25.5 Å². The highest BCUT2D eigenvalue weighted by Crippen LogP contribution is 2.05. The third-order valence-electron chi connectivity index (χ3n) is 2.28. The average Bonchev–Trinajstić information content (AvgIpc) is 2.79. The number of methoxy groups -OCH3 is 1. The summed E-state index contributed by atoms with van der Waals surface area (Å²) in [5.74, 6) is -0.238. The molecule has 0 bridgehead atoms. The van der Waals surface area contributed by atoms with Crippen LogP contribution in [-0.2, 0) is 16.0 Å². The van der Waals surface area contributed by atoms with Crippen molar-refractivity contribution in [2.45, 2.75) is 26.3 Å². The minimum Gasteiger partial charge on any atom is -0.453 e. The molecule has 0 unspecified atom stereocenters. The molecule has 0 aliphatic heterocycles. The van der Waals surface area contributed by atoms with Crippen molar-refractivity contribution in [3.05, 3.63) is 11.9 Å². The van der Waals surface area contributed by atoms with E-state index >= 15 is 0 Å². The highest BCUT2D eigenvalue weighted by molar-refractivity contribution is 5.88. The fourth-order valence-electron chi connectivity index (χ4n) is 1.37. The lowest BCUT2D eigenvalue weighted by Crippen LogP contribution is -2.44. The monoisotopic (exact) mass is 240 g/mol. The zero-order valence-corrected chi connectivity index (χ0v) is 10.1. The summed E-state index contributed by atoms with van der Waals surface area (Å²) >= 11 is 0. The first-order valence-electron chi connectivity index (χ1n) is 5.27. The van der Waals surface area contributed by atoms with E-state index in [4.69, 9.17) is 0 Å². The van der Waals surface area contributed by atoms with Gasteiger partial charge in [0, 0.05) is 12.3 Å². The van der Waals surface area contributed by atoms with Crippen LogP contribution in [0.4, 0.5) is 4.79 Å². The number of alkyl carbamates (subject to hydrolysis) is 1. The van der Waals surface area contributed by atoms with Crippen LogP contribution < -0.4 is 5.32 Å². The highest BCUT2D eigenvalue weighted by atomic mass is 16.5. The number of rotatable bonds is 5. The maximum absolute atomic E-state index is 11.9. The van der Waals surface area contributed by atoms with E-state index < -0.39 is 12.1 Å². The maximum atomic E-state index is 11.9. The highest BCUT2D eigenvalue weighted by Gasteiger charge is 2.24. The summed E-state index contributed by atoms with van der Waals surface area (Å²) in [6.45, 7) is 3.55. The summed E-state index contributed by atoms with van der Waals surface area (Å²) < 4.78 is 4.49. The number of carbonyl (C=O) groups is 2. The lowest BCUT2D eigenvalue weighted by molar-refractivity contribution is -0.123. The first kappa shape index (κ1) is 13.1. The molecule has 1 atom stereocenters. The number of carbonyl (C=O) groups excluding carboxylic acids is 2. The Kier molecular flexibility index (Phi) is 4.62. The zero-order chi connectivity index (χ0) is 12.8. The van der Waals surface area contributed by atoms with Crippen molar-refractivity contribution in [2.24, 2.45) is 5.92 Å². The average molecular weight is 240 g/mol. The van der Waals surface area contributed by atoms with Crippen LogP contribution >= 0.6 is 0 Å². The summed E-state index contributed by atoms with van der Waals surface area (Å²) in [4.78, 5) is 23.0. The Morgan fingerprint density at radius 3 is 2.71 bits per heavy atom. The molecule has 1 amide bonds. The molecule has 1 aromatic rings. The summed E-state index contributed by atoms with van der Waals surface area (Å²) in [6.07, 6.45) is 1.20. The number of ether oxygens (including phenoxy) is 1. The molecule has 0 fully saturated rings. The predicted octanol–water partition coefficient (Wildman–Crippen LogP) is 0.297. The molecule has 0 radical (unpaired) electrons. The van der Waals surface area contributed by atoms with Gasteiger partial charge >= 0.3 is 6.09 Å². The fourth-order valence-corrected chi connectivity index (χ4v) is 1.37. The number of H-pyrrole nitrogens is 1. The summed E-state index contributed by atoms with van der Waals surface area (Å²) in [7, 11) is 1.25. The molecule has 7 nitrogen and oxygen atoms in total. The molecule has 1 aromatic heterocycles. The third kappa shape index (κ3) is 3.86. The Morgan fingerprint density at radius 1 is 1.53 bits per heavy atom. The molecule has 0 saturated carbocycles. The smallest absolute Gasteiger partial charge is 0.407 e. The minimum absolute atomic E-state index is 0.0648. The summed E-state index contributed by atoms with van der Waals surface area (Å²) in [6, 6.07) is -0.635. The third-order valence-corrected chi connectivity index (χ3v) is 2.28. The molecule has 7 heteroatoms. The van der Waals surface area contributed by atoms with E-state index in [0.29, 0.717) is 12.1 Å². The molecule has 2 N–H and O–H groups in total. The molecular weight excluding hydrogens is 224 g/mol. The van der Waals surface area contributed by atoms with Crippen molar-refractivity contribution in [3.63, 3.8) is 0 Å². The molecule has 94 valence electrons. The number of amides is 1. The van der Waals surface area contributed by atoms with Crippen LogP contribution in [0.2, 0.25) is 0 Å². The van der Waals surface area contributed by atoms with Gasteiger partial charge in [-0.15, -0.1) is 5.10 Å². The second-order valence-electron chi connectivity index (χ2n) is 3.93. The minimum atomic E-state index is -0.635. The first-order valence-corrected chi connectivity index (χ1v) is 5.27. The van der Waals surface area contributed by atoms with E-state index in [1.807, 2.05) is 0 Å². The van der Waals surface area contributed by atoms with Crippen LogP contribution in [0, 0.1) is 5.92 Å². The van der Waals surface area contributed by atoms with Crippen molar-refractivity contribution in [1.29, 1.82) is 0 Å². The molecule has 1 rings (SSSR count). The van der Waals surface area contributed by atoms with Crippen molar-refractivity contribution in [2.75, 3.05) is 7.11 Å². The van der Waals surface area contributed by atoms with E-state index in [1.165, 1.54) is 13.3 Å². The number of aromatic amines is 1. The standard InChI is InChI=1S/C10H16N4O3/c1-6(2)9(15)8(12-10(16)17-3)4-7-5-11-14-13-7/h5-6,8H,4H2,1-3H3,(H,12,16)(H,11,13,14)/t8-/m0/s1. The number of hydrogen-bond acceptors (Lipinski definition) is 5. The number of nitrogens with zero attached hydrogens (tertiary/aromatic N) is 2. The van der Waals surface area contributed by atoms with Crippen LogP contribution in [0.3, 0.4) is 0 Å². The molecule has 0 aromatic carbocycles. The van der Waals surface area contributed by atoms with Gasteiger partial charge in [-0.25, -0.2) is 4.79 Å². The van der Waals surface area contributed by atoms with Crippen LogP contribution in [-0.4, -0.2) is 40.4 Å². The zero-order valence-electron chi connectivity index (χ0n) is 10.1. The largest absolute Gasteiger partial charge is 0.453 e. The van der Waals surface area contributed by atoms with E-state index in [0.717, 1.165) is 0 Å². The fraction of sp³-hybridized carbons (Fsp3) is 0.600. The van der Waals surface area contributed by atoms with Gasteiger partial charge in [0.05, 0.1) is 25.0 Å². The lowest BCUT2D eigenvalue weighted by atomic mass is 9.98. The topological polar surface area (TPSA) is 97.0 Å². The quantitative estimate of drug-likeness (QED) is 0.771. The van der Waals surface area contributed by atoms with Crippen molar-refractivity contribution < 1.29 is 14.3 Å². The van der Waals surface area contributed by atoms with Crippen molar-refractivity contribution in [1.82, 2.24) is 20.7 Å². The van der Waals surface area contributed by atoms with Gasteiger partial charge in [-0.05, 0) is 0 Å². The first-order chi connectivity index (χ1) is 8.04. The SMILES string of the molecule is COC(=O)N[C@@H](Cc1cnn[nH]1)C(=O)C(C)C. The van der Waals surface area contributed by atoms with Gasteiger partial charge in [-0.3, -0.25) is 9.89 Å². The normalized spacial score (nSPS) is 12.2. The molecule has 1 heterocycles. The van der Waals surface area contributed by atoms with Crippen LogP contribution in [0.25, 0.3) is 0 Å². The van der Waals surface area contributed by atoms with Gasteiger partial charge in [0.1, 0.15) is 0 Å². The Labute approximate surface area is 98.9 Å². The van der Waals surface area contributed by atoms with E-state index in [9.17, 15) is 9.59 Å². The number of Topliss-reactive ketones (excluding diaryl/α,β-unsaturated/α-hetero) is 1. The van der Waals surface area contributed by atoms with Crippen molar-refractivity contribution in [3.8, 4) is 0 Å². The number of aromatic nitrogens is 3. The van der Waals surface area contributed by atoms with Crippen LogP contribution in [0.15, 0.2) is 6.20 Å². The van der Waals surface area contributed by atoms with Crippen molar-refractivity contribution >= 4 is 11.9 Å². The summed E-state index contributed by atoms with van der Waals surface area (Å²) in [5, 5.41) is 12.3. The van der Waals surface area contributed by atoms with Gasteiger partial charge in [0.15, 0.2) is 5.78 Å². The molecule has 0 aliphatic rings. The van der Waals surface area contributed by atoms with Gasteiger partial charge in [-0.1, -0.05) is 19.1 Å². The van der Waals surface area contributed by atoms with Gasteiger partial charge in [-0.2, -0.15) is 0 Å². The molecule has 17 heavy (non-hydrogen) atoms. The Hall–Kier alpha value is -1.92. The Balaban J connectivity index is 2.71. The van der Waals surface area contributed by atoms with Crippen LogP contribution in [0.1, 0.15) is 19.5 Å². The Bertz CT molecular complexity index is 375. The Morgan fingerprint density at radius 2 is 2.24 bits per heavy atom. The molecule has 0 saturated heterocycles. The summed E-state index contributed by atoms with van der Waals surface area (Å²) in [5.41, 5.74) is 0.681. The maximum Gasteiger partial charge on any atom is 0.407 e. The lowest BCUT2D eigenvalue weighted by Gasteiger charge is -2.17. The van der Waals surface area contributed by atoms with Gasteiger partial charge < -0.3 is 10.1 Å². The number of nitrogens with one attached hydrogen (secondary N) is 2. The second kappa shape index (κ2) is 5.97. The molecule has 0 spiro atoms. The van der Waals surface area contributed by atoms with E-state index in [1.54, 1.807) is 13.8 Å². The van der Waals surface area contributed by atoms with Gasteiger partial charge in [0.25, 0.3) is 0 Å². The number of hydrogen-bond donors (Lipinski definition) is 2.